The molecule has 162 valence electrons. The Balaban J connectivity index is 2.24. The van der Waals surface area contributed by atoms with E-state index in [1.165, 1.54) is 0 Å². The van der Waals surface area contributed by atoms with Crippen molar-refractivity contribution in [3.8, 4) is 17.2 Å². The standard InChI is InChI=1S/C30H17N5/c1-6-11-19-12-7-9-14-21(19)25-18(2)24-16-20-13-8-10-15-23(20)35(24)30-22(17-31)27(32-3)29(34-5)28(33-4)26(25)30/h6-16H,1-2H3/b11-6-. The Labute approximate surface area is 202 Å². The maximum Gasteiger partial charge on any atom is 0.203 e. The molecule has 0 atom stereocenters. The van der Waals surface area contributed by atoms with Crippen molar-refractivity contribution in [2.24, 2.45) is 0 Å². The molecular weight excluding hydrogens is 430 g/mol. The van der Waals surface area contributed by atoms with Gasteiger partial charge in [-0.3, -0.25) is 14.5 Å². The van der Waals surface area contributed by atoms with Gasteiger partial charge in [-0.2, -0.15) is 5.26 Å². The summed E-state index contributed by atoms with van der Waals surface area (Å²) in [4.78, 5) is 10.9. The number of pyridine rings is 1. The first kappa shape index (κ1) is 21.5. The molecule has 0 aliphatic heterocycles. The molecule has 0 radical (unpaired) electrons. The fourth-order valence-electron chi connectivity index (χ4n) is 4.96. The molecule has 2 heterocycles. The molecule has 35 heavy (non-hydrogen) atoms. The van der Waals surface area contributed by atoms with Crippen LogP contribution in [0, 0.1) is 38.0 Å². The van der Waals surface area contributed by atoms with Crippen LogP contribution in [0.15, 0.2) is 60.7 Å². The van der Waals surface area contributed by atoms with Crippen molar-refractivity contribution in [3.05, 3.63) is 112 Å². The zero-order valence-corrected chi connectivity index (χ0v) is 19.1. The number of para-hydroxylation sites is 1. The topological polar surface area (TPSA) is 41.3 Å². The summed E-state index contributed by atoms with van der Waals surface area (Å²) in [6, 6.07) is 20.0. The molecule has 5 nitrogen and oxygen atoms in total. The molecule has 0 spiro atoms. The molecule has 0 bridgehead atoms. The lowest BCUT2D eigenvalue weighted by Crippen LogP contribution is -1.99. The number of nitrogens with zero attached hydrogens (tertiary/aromatic N) is 5. The normalized spacial score (nSPS) is 10.9. The van der Waals surface area contributed by atoms with Crippen LogP contribution in [0.2, 0.25) is 0 Å². The Morgan fingerprint density at radius 3 is 2.26 bits per heavy atom. The van der Waals surface area contributed by atoms with Crippen molar-refractivity contribution in [1.29, 1.82) is 5.26 Å². The van der Waals surface area contributed by atoms with Gasteiger partial charge in [0.25, 0.3) is 0 Å². The van der Waals surface area contributed by atoms with E-state index in [4.69, 9.17) is 19.7 Å². The van der Waals surface area contributed by atoms with Crippen molar-refractivity contribution >= 4 is 50.5 Å². The van der Waals surface area contributed by atoms with Gasteiger partial charge in [-0.25, -0.2) is 0 Å². The minimum atomic E-state index is -0.0726. The Bertz CT molecular complexity index is 1910. The zero-order chi connectivity index (χ0) is 24.7. The summed E-state index contributed by atoms with van der Waals surface area (Å²) >= 11 is 0. The number of aromatic nitrogens is 1. The van der Waals surface area contributed by atoms with Gasteiger partial charge in [-0.1, -0.05) is 54.6 Å². The molecule has 5 rings (SSSR count). The van der Waals surface area contributed by atoms with Crippen LogP contribution in [0.25, 0.3) is 59.1 Å². The molecule has 0 aliphatic carbocycles. The molecule has 0 aliphatic rings. The molecule has 0 unspecified atom stereocenters. The summed E-state index contributed by atoms with van der Waals surface area (Å²) in [5.41, 5.74) is 5.94. The zero-order valence-electron chi connectivity index (χ0n) is 19.1. The van der Waals surface area contributed by atoms with Crippen LogP contribution in [0.3, 0.4) is 0 Å². The van der Waals surface area contributed by atoms with E-state index in [0.29, 0.717) is 10.9 Å². The summed E-state index contributed by atoms with van der Waals surface area (Å²) < 4.78 is 1.97. The van der Waals surface area contributed by atoms with E-state index in [1.807, 2.05) is 78.9 Å². The van der Waals surface area contributed by atoms with Crippen molar-refractivity contribution in [1.82, 2.24) is 4.40 Å². The molecule has 5 aromatic rings. The van der Waals surface area contributed by atoms with Crippen LogP contribution in [0.1, 0.15) is 23.6 Å². The third-order valence-corrected chi connectivity index (χ3v) is 6.36. The highest BCUT2D eigenvalue weighted by molar-refractivity contribution is 6.18. The van der Waals surface area contributed by atoms with Gasteiger partial charge in [0.05, 0.1) is 42.4 Å². The first-order valence-electron chi connectivity index (χ1n) is 10.9. The molecule has 0 N–H and O–H groups in total. The van der Waals surface area contributed by atoms with Gasteiger partial charge < -0.3 is 4.40 Å². The summed E-state index contributed by atoms with van der Waals surface area (Å²) in [6.45, 7) is 27.6. The van der Waals surface area contributed by atoms with Crippen LogP contribution >= 0.6 is 0 Å². The first-order chi connectivity index (χ1) is 17.1. The lowest BCUT2D eigenvalue weighted by molar-refractivity contribution is 1.29. The third kappa shape index (κ3) is 2.91. The molecule has 0 fully saturated rings. The van der Waals surface area contributed by atoms with Gasteiger partial charge in [-0.05, 0) is 53.6 Å². The van der Waals surface area contributed by atoms with Gasteiger partial charge in [-0.15, -0.1) is 0 Å². The van der Waals surface area contributed by atoms with Crippen LogP contribution < -0.4 is 0 Å². The van der Waals surface area contributed by atoms with Crippen molar-refractivity contribution in [2.75, 3.05) is 0 Å². The van der Waals surface area contributed by atoms with E-state index in [1.54, 1.807) is 0 Å². The van der Waals surface area contributed by atoms with Gasteiger partial charge in [0.2, 0.25) is 11.4 Å². The van der Waals surface area contributed by atoms with Crippen LogP contribution in [-0.2, 0) is 0 Å². The summed E-state index contributed by atoms with van der Waals surface area (Å²) in [5, 5.41) is 11.8. The summed E-state index contributed by atoms with van der Waals surface area (Å²) in [5.74, 6) is 0. The highest BCUT2D eigenvalue weighted by Crippen LogP contribution is 2.52. The predicted molar refractivity (Wildman–Crippen MR) is 141 cm³/mol. The minimum absolute atomic E-state index is 0.0703. The Hall–Kier alpha value is -5.36. The molecule has 0 amide bonds. The van der Waals surface area contributed by atoms with E-state index >= 15 is 0 Å². The van der Waals surface area contributed by atoms with E-state index in [2.05, 4.69) is 26.7 Å². The maximum absolute atomic E-state index is 10.3. The van der Waals surface area contributed by atoms with E-state index in [0.717, 1.165) is 38.7 Å². The Morgan fingerprint density at radius 1 is 0.886 bits per heavy atom. The molecule has 3 aromatic carbocycles. The predicted octanol–water partition coefficient (Wildman–Crippen LogP) is 8.78. The second-order valence-electron chi connectivity index (χ2n) is 8.10. The number of hydrogen-bond acceptors (Lipinski definition) is 1. The number of rotatable bonds is 2. The second kappa shape index (κ2) is 8.20. The Kier molecular flexibility index (Phi) is 5.04. The smallest absolute Gasteiger partial charge is 0.203 e. The summed E-state index contributed by atoms with van der Waals surface area (Å²) in [6.07, 6.45) is 3.96. The molecule has 0 saturated heterocycles. The van der Waals surface area contributed by atoms with Gasteiger partial charge in [0, 0.05) is 10.9 Å². The average molecular weight is 448 g/mol. The van der Waals surface area contributed by atoms with Gasteiger partial charge in [0.1, 0.15) is 0 Å². The minimum Gasteiger partial charge on any atom is -0.310 e. The Morgan fingerprint density at radius 2 is 1.57 bits per heavy atom. The third-order valence-electron chi connectivity index (χ3n) is 6.36. The van der Waals surface area contributed by atoms with Crippen LogP contribution in [-0.4, -0.2) is 4.40 Å². The van der Waals surface area contributed by atoms with E-state index in [-0.39, 0.29) is 22.6 Å². The SMILES string of the molecule is [C-]#[N+]c1c([N+]#[C-])c(C#N)c2c(c1[N+]#[C-])c(-c1ccccc1/C=C\C)c(C)c1cc3ccccc3n12. The van der Waals surface area contributed by atoms with E-state index < -0.39 is 0 Å². The van der Waals surface area contributed by atoms with Gasteiger partial charge >= 0.3 is 0 Å². The van der Waals surface area contributed by atoms with Gasteiger partial charge in [0.15, 0.2) is 5.69 Å². The highest BCUT2D eigenvalue weighted by Gasteiger charge is 2.27. The molecular formula is C30H17N5. The van der Waals surface area contributed by atoms with Crippen LogP contribution in [0.5, 0.6) is 0 Å². The lowest BCUT2D eigenvalue weighted by atomic mass is 9.89. The van der Waals surface area contributed by atoms with Crippen molar-refractivity contribution in [3.63, 3.8) is 0 Å². The highest BCUT2D eigenvalue weighted by atomic mass is 14.9. The summed E-state index contributed by atoms with van der Waals surface area (Å²) in [7, 11) is 0. The largest absolute Gasteiger partial charge is 0.310 e. The first-order valence-corrected chi connectivity index (χ1v) is 10.9. The molecule has 2 aromatic heterocycles. The van der Waals surface area contributed by atoms with Crippen molar-refractivity contribution < 1.29 is 0 Å². The lowest BCUT2D eigenvalue weighted by Gasteiger charge is -2.20. The van der Waals surface area contributed by atoms with Crippen molar-refractivity contribution in [2.45, 2.75) is 13.8 Å². The second-order valence-corrected chi connectivity index (χ2v) is 8.10. The van der Waals surface area contributed by atoms with Crippen LogP contribution in [0.4, 0.5) is 17.1 Å². The number of aryl methyl sites for hydroxylation is 1. The average Bonchev–Trinajstić information content (AvgIpc) is 3.28. The number of fused-ring (bicyclic) bond motifs is 5. The number of benzene rings is 3. The molecule has 5 heteroatoms. The van der Waals surface area contributed by atoms with E-state index in [9.17, 15) is 5.26 Å². The number of allylic oxidation sites excluding steroid dienone is 1. The quantitative estimate of drug-likeness (QED) is 0.249. The monoisotopic (exact) mass is 447 g/mol. The maximum atomic E-state index is 10.3. The fourth-order valence-corrected chi connectivity index (χ4v) is 4.96. The fraction of sp³-hybridized carbons (Fsp3) is 0.0667. The number of hydrogen-bond donors (Lipinski definition) is 0. The molecule has 0 saturated carbocycles. The number of nitriles is 1.